The van der Waals surface area contributed by atoms with Crippen LogP contribution in [0.1, 0.15) is 26.7 Å². The van der Waals surface area contributed by atoms with Gasteiger partial charge in [-0.3, -0.25) is 4.90 Å². The van der Waals surface area contributed by atoms with E-state index in [1.807, 2.05) is 0 Å². The zero-order valence-electron chi connectivity index (χ0n) is 10.6. The number of hydrogen-bond acceptors (Lipinski definition) is 3. The van der Waals surface area contributed by atoms with Gasteiger partial charge in [-0.05, 0) is 40.8 Å². The second kappa shape index (κ2) is 4.04. The van der Waals surface area contributed by atoms with Gasteiger partial charge in [-0.25, -0.2) is 0 Å². The van der Waals surface area contributed by atoms with Crippen LogP contribution in [0, 0.1) is 0 Å². The van der Waals surface area contributed by atoms with Crippen LogP contribution in [0.5, 0.6) is 0 Å². The van der Waals surface area contributed by atoms with Gasteiger partial charge in [0.1, 0.15) is 0 Å². The lowest BCUT2D eigenvalue weighted by molar-refractivity contribution is 0.0717. The lowest BCUT2D eigenvalue weighted by Crippen LogP contribution is -2.64. The van der Waals surface area contributed by atoms with E-state index in [1.54, 1.807) is 0 Å². The van der Waals surface area contributed by atoms with Crippen LogP contribution in [0.2, 0.25) is 0 Å². The summed E-state index contributed by atoms with van der Waals surface area (Å²) in [4.78, 5) is 5.04. The first-order valence-electron chi connectivity index (χ1n) is 6.13. The maximum Gasteiger partial charge on any atom is 0.0351 e. The Balaban J connectivity index is 1.97. The average molecular weight is 211 g/mol. The van der Waals surface area contributed by atoms with E-state index in [0.29, 0.717) is 11.6 Å². The Hall–Kier alpha value is -0.120. The summed E-state index contributed by atoms with van der Waals surface area (Å²) in [5, 5.41) is 3.66. The molecule has 1 unspecified atom stereocenters. The molecule has 0 spiro atoms. The molecule has 1 saturated carbocycles. The van der Waals surface area contributed by atoms with Gasteiger partial charge in [-0.15, -0.1) is 0 Å². The van der Waals surface area contributed by atoms with E-state index in [0.717, 1.165) is 12.6 Å². The van der Waals surface area contributed by atoms with E-state index in [9.17, 15) is 0 Å². The molecule has 0 radical (unpaired) electrons. The Kier molecular flexibility index (Phi) is 3.06. The highest BCUT2D eigenvalue weighted by molar-refractivity contribution is 4.99. The molecule has 1 saturated heterocycles. The summed E-state index contributed by atoms with van der Waals surface area (Å²) in [6.45, 7) is 8.15. The number of likely N-dealkylation sites (N-methyl/N-ethyl adjacent to an activating group) is 1. The van der Waals surface area contributed by atoms with Crippen molar-refractivity contribution in [1.82, 2.24) is 15.1 Å². The summed E-state index contributed by atoms with van der Waals surface area (Å²) in [7, 11) is 4.34. The van der Waals surface area contributed by atoms with Crippen LogP contribution < -0.4 is 5.32 Å². The second-order valence-electron chi connectivity index (χ2n) is 6.08. The van der Waals surface area contributed by atoms with Gasteiger partial charge < -0.3 is 10.2 Å². The first kappa shape index (κ1) is 11.4. The third-order valence-corrected chi connectivity index (χ3v) is 3.45. The molecule has 2 aliphatic rings. The lowest BCUT2D eigenvalue weighted by Gasteiger charge is -2.45. The van der Waals surface area contributed by atoms with Gasteiger partial charge in [-0.2, -0.15) is 0 Å². The molecule has 3 nitrogen and oxygen atoms in total. The molecule has 0 aromatic carbocycles. The Morgan fingerprint density at radius 3 is 2.53 bits per heavy atom. The molecule has 0 aromatic heterocycles. The first-order chi connectivity index (χ1) is 6.98. The molecule has 2 fully saturated rings. The van der Waals surface area contributed by atoms with E-state index in [2.05, 4.69) is 43.1 Å². The number of nitrogens with zero attached hydrogens (tertiary/aromatic N) is 2. The van der Waals surface area contributed by atoms with Crippen LogP contribution in [0.25, 0.3) is 0 Å². The highest BCUT2D eigenvalue weighted by Crippen LogP contribution is 2.31. The maximum atomic E-state index is 3.66. The second-order valence-corrected chi connectivity index (χ2v) is 6.08. The highest BCUT2D eigenvalue weighted by atomic mass is 15.3. The average Bonchev–Trinajstić information content (AvgIpc) is 2.90. The fourth-order valence-electron chi connectivity index (χ4n) is 2.58. The minimum atomic E-state index is 0.297. The van der Waals surface area contributed by atoms with E-state index >= 15 is 0 Å². The van der Waals surface area contributed by atoms with Gasteiger partial charge in [0.2, 0.25) is 0 Å². The zero-order chi connectivity index (χ0) is 11.1. The Morgan fingerprint density at radius 1 is 1.33 bits per heavy atom. The van der Waals surface area contributed by atoms with Crippen molar-refractivity contribution in [3.8, 4) is 0 Å². The van der Waals surface area contributed by atoms with Crippen molar-refractivity contribution in [1.29, 1.82) is 0 Å². The maximum absolute atomic E-state index is 3.66. The van der Waals surface area contributed by atoms with Crippen molar-refractivity contribution in [2.45, 2.75) is 44.3 Å². The highest BCUT2D eigenvalue weighted by Gasteiger charge is 2.40. The molecule has 0 amide bonds. The largest absolute Gasteiger partial charge is 0.309 e. The summed E-state index contributed by atoms with van der Waals surface area (Å²) in [5.41, 5.74) is 0.297. The Labute approximate surface area is 93.8 Å². The summed E-state index contributed by atoms with van der Waals surface area (Å²) in [6, 6.07) is 1.59. The molecule has 0 aromatic rings. The van der Waals surface area contributed by atoms with E-state index < -0.39 is 0 Å². The van der Waals surface area contributed by atoms with Crippen LogP contribution in [-0.2, 0) is 0 Å². The molecule has 1 atom stereocenters. The monoisotopic (exact) mass is 211 g/mol. The van der Waals surface area contributed by atoms with Crippen molar-refractivity contribution in [2.75, 3.05) is 33.7 Å². The molecule has 0 bridgehead atoms. The molecular weight excluding hydrogens is 186 g/mol. The minimum Gasteiger partial charge on any atom is -0.309 e. The van der Waals surface area contributed by atoms with Crippen LogP contribution in [0.4, 0.5) is 0 Å². The standard InChI is InChI=1S/C12H25N3/c1-12(2)9-15(10-5-6-10)11(7-13-12)8-14(3)4/h10-11,13H,5-9H2,1-4H3. The van der Waals surface area contributed by atoms with Crippen LogP contribution in [-0.4, -0.2) is 61.2 Å². The van der Waals surface area contributed by atoms with Gasteiger partial charge in [0.25, 0.3) is 0 Å². The minimum absolute atomic E-state index is 0.297. The third kappa shape index (κ3) is 2.92. The molecular formula is C12H25N3. The van der Waals surface area contributed by atoms with Gasteiger partial charge in [-0.1, -0.05) is 0 Å². The van der Waals surface area contributed by atoms with E-state index in [1.165, 1.54) is 25.9 Å². The van der Waals surface area contributed by atoms with Crippen LogP contribution >= 0.6 is 0 Å². The molecule has 2 rings (SSSR count). The molecule has 1 aliphatic heterocycles. The first-order valence-corrected chi connectivity index (χ1v) is 6.13. The van der Waals surface area contributed by atoms with Crippen LogP contribution in [0.3, 0.4) is 0 Å². The summed E-state index contributed by atoms with van der Waals surface area (Å²) in [6.07, 6.45) is 2.83. The molecule has 1 aliphatic carbocycles. The van der Waals surface area contributed by atoms with Crippen molar-refractivity contribution < 1.29 is 0 Å². The Morgan fingerprint density at radius 2 is 2.00 bits per heavy atom. The smallest absolute Gasteiger partial charge is 0.0351 e. The molecule has 3 heteroatoms. The van der Waals surface area contributed by atoms with E-state index in [-0.39, 0.29) is 0 Å². The van der Waals surface area contributed by atoms with Crippen LogP contribution in [0.15, 0.2) is 0 Å². The molecule has 15 heavy (non-hydrogen) atoms. The molecule has 88 valence electrons. The van der Waals surface area contributed by atoms with Gasteiger partial charge in [0.15, 0.2) is 0 Å². The summed E-state index contributed by atoms with van der Waals surface area (Å²) >= 11 is 0. The number of rotatable bonds is 3. The van der Waals surface area contributed by atoms with Crippen molar-refractivity contribution in [3.63, 3.8) is 0 Å². The van der Waals surface area contributed by atoms with E-state index in [4.69, 9.17) is 0 Å². The van der Waals surface area contributed by atoms with Crippen molar-refractivity contribution in [3.05, 3.63) is 0 Å². The van der Waals surface area contributed by atoms with Gasteiger partial charge in [0, 0.05) is 37.3 Å². The quantitative estimate of drug-likeness (QED) is 0.743. The Bertz CT molecular complexity index is 221. The predicted molar refractivity (Wildman–Crippen MR) is 64.2 cm³/mol. The number of piperazine rings is 1. The van der Waals surface area contributed by atoms with Gasteiger partial charge in [0.05, 0.1) is 0 Å². The van der Waals surface area contributed by atoms with Gasteiger partial charge >= 0.3 is 0 Å². The van der Waals surface area contributed by atoms with Crippen molar-refractivity contribution >= 4 is 0 Å². The fraction of sp³-hybridized carbons (Fsp3) is 1.00. The summed E-state index contributed by atoms with van der Waals surface area (Å²) < 4.78 is 0. The normalized spacial score (nSPS) is 32.2. The molecule has 1 N–H and O–H groups in total. The third-order valence-electron chi connectivity index (χ3n) is 3.45. The number of hydrogen-bond donors (Lipinski definition) is 1. The predicted octanol–water partition coefficient (Wildman–Crippen LogP) is 0.763. The SMILES string of the molecule is CN(C)CC1CNC(C)(C)CN1C1CC1. The fourth-order valence-corrected chi connectivity index (χ4v) is 2.58. The zero-order valence-corrected chi connectivity index (χ0v) is 10.6. The lowest BCUT2D eigenvalue weighted by atomic mass is 9.98. The molecule has 1 heterocycles. The van der Waals surface area contributed by atoms with Crippen molar-refractivity contribution in [2.24, 2.45) is 0 Å². The number of nitrogens with one attached hydrogen (secondary N) is 1. The summed E-state index contributed by atoms with van der Waals surface area (Å²) in [5.74, 6) is 0. The topological polar surface area (TPSA) is 18.5 Å².